The van der Waals surface area contributed by atoms with Gasteiger partial charge in [0.2, 0.25) is 5.91 Å². The van der Waals surface area contributed by atoms with Crippen molar-refractivity contribution >= 4 is 11.8 Å². The molecule has 0 spiro atoms. The van der Waals surface area contributed by atoms with Gasteiger partial charge in [0.05, 0.1) is 13.4 Å². The molecule has 0 saturated heterocycles. The molecule has 1 unspecified atom stereocenters. The van der Waals surface area contributed by atoms with Gasteiger partial charge >= 0.3 is 0 Å². The minimum atomic E-state index is -0.697. The number of hydrogen-bond acceptors (Lipinski definition) is 4. The minimum absolute atomic E-state index is 0.0176. The lowest BCUT2D eigenvalue weighted by atomic mass is 10.00. The van der Waals surface area contributed by atoms with Gasteiger partial charge in [0.1, 0.15) is 11.8 Å². The van der Waals surface area contributed by atoms with Crippen molar-refractivity contribution < 1.29 is 18.7 Å². The molecule has 1 atom stereocenters. The van der Waals surface area contributed by atoms with Crippen molar-refractivity contribution in [2.45, 2.75) is 69.5 Å². The van der Waals surface area contributed by atoms with E-state index in [2.05, 4.69) is 5.32 Å². The fourth-order valence-electron chi connectivity index (χ4n) is 4.78. The van der Waals surface area contributed by atoms with Gasteiger partial charge in [-0.15, -0.1) is 0 Å². The first kappa shape index (κ1) is 20.5. The molecule has 30 heavy (non-hydrogen) atoms. The molecule has 2 fully saturated rings. The fraction of sp³-hybridized carbons (Fsp3) is 0.500. The van der Waals surface area contributed by atoms with Crippen LogP contribution in [0.25, 0.3) is 0 Å². The van der Waals surface area contributed by atoms with E-state index in [1.165, 1.54) is 6.26 Å². The van der Waals surface area contributed by atoms with Gasteiger partial charge < -0.3 is 19.4 Å². The Hall–Kier alpha value is -2.76. The summed E-state index contributed by atoms with van der Waals surface area (Å²) in [5, 5.41) is 3.22. The summed E-state index contributed by atoms with van der Waals surface area (Å²) in [5.74, 6) is 0.653. The van der Waals surface area contributed by atoms with Crippen LogP contribution in [0, 0.1) is 0 Å². The molecular formula is C24H30N2O4. The second-order valence-corrected chi connectivity index (χ2v) is 8.29. The number of furan rings is 1. The monoisotopic (exact) mass is 410 g/mol. The van der Waals surface area contributed by atoms with E-state index in [0.29, 0.717) is 0 Å². The van der Waals surface area contributed by atoms with Gasteiger partial charge in [0.15, 0.2) is 5.76 Å². The predicted molar refractivity (Wildman–Crippen MR) is 113 cm³/mol. The van der Waals surface area contributed by atoms with E-state index in [9.17, 15) is 9.59 Å². The maximum Gasteiger partial charge on any atom is 0.290 e. The Bertz CT molecular complexity index is 835. The largest absolute Gasteiger partial charge is 0.497 e. The van der Waals surface area contributed by atoms with E-state index in [1.54, 1.807) is 24.1 Å². The van der Waals surface area contributed by atoms with Crippen LogP contribution < -0.4 is 10.1 Å². The number of ether oxygens (including phenoxy) is 1. The Labute approximate surface area is 177 Å². The average molecular weight is 411 g/mol. The highest BCUT2D eigenvalue weighted by atomic mass is 16.5. The average Bonchev–Trinajstić information content (AvgIpc) is 3.55. The highest BCUT2D eigenvalue weighted by Crippen LogP contribution is 2.34. The highest BCUT2D eigenvalue weighted by Gasteiger charge is 2.39. The molecule has 0 bridgehead atoms. The third kappa shape index (κ3) is 4.37. The Morgan fingerprint density at radius 1 is 1.03 bits per heavy atom. The van der Waals surface area contributed by atoms with E-state index in [1.807, 2.05) is 24.3 Å². The van der Waals surface area contributed by atoms with Gasteiger partial charge in [-0.05, 0) is 55.5 Å². The number of rotatable bonds is 7. The fourth-order valence-corrected chi connectivity index (χ4v) is 4.78. The number of nitrogens with one attached hydrogen (secondary N) is 1. The van der Waals surface area contributed by atoms with E-state index in [0.717, 1.165) is 62.7 Å². The lowest BCUT2D eigenvalue weighted by Crippen LogP contribution is -2.49. The number of methoxy groups -OCH3 is 1. The van der Waals surface area contributed by atoms with E-state index >= 15 is 0 Å². The molecule has 6 heteroatoms. The van der Waals surface area contributed by atoms with Crippen LogP contribution in [-0.4, -0.2) is 35.9 Å². The molecule has 6 nitrogen and oxygen atoms in total. The van der Waals surface area contributed by atoms with Crippen molar-refractivity contribution in [2.75, 3.05) is 7.11 Å². The smallest absolute Gasteiger partial charge is 0.290 e. The summed E-state index contributed by atoms with van der Waals surface area (Å²) in [5.41, 5.74) is 0.790. The third-order valence-corrected chi connectivity index (χ3v) is 6.34. The van der Waals surface area contributed by atoms with Crippen LogP contribution in [-0.2, 0) is 4.79 Å². The maximum atomic E-state index is 13.6. The van der Waals surface area contributed by atoms with Gasteiger partial charge in [-0.3, -0.25) is 9.59 Å². The molecule has 160 valence electrons. The topological polar surface area (TPSA) is 71.8 Å². The molecule has 1 N–H and O–H groups in total. The quantitative estimate of drug-likeness (QED) is 0.731. The summed E-state index contributed by atoms with van der Waals surface area (Å²) >= 11 is 0. The van der Waals surface area contributed by atoms with Crippen LogP contribution in [0.3, 0.4) is 0 Å². The number of carbonyl (C=O) groups excluding carboxylic acids is 2. The molecule has 2 amide bonds. The van der Waals surface area contributed by atoms with Crippen LogP contribution >= 0.6 is 0 Å². The van der Waals surface area contributed by atoms with Gasteiger partial charge in [-0.2, -0.15) is 0 Å². The molecule has 4 rings (SSSR count). The summed E-state index contributed by atoms with van der Waals surface area (Å²) in [6.07, 6.45) is 9.68. The molecule has 2 aliphatic rings. The van der Waals surface area contributed by atoms with Crippen LogP contribution in [0.15, 0.2) is 47.1 Å². The van der Waals surface area contributed by atoms with Crippen LogP contribution in [0.5, 0.6) is 5.75 Å². The zero-order valence-electron chi connectivity index (χ0n) is 17.5. The summed E-state index contributed by atoms with van der Waals surface area (Å²) in [4.78, 5) is 28.8. The normalized spacial score (nSPS) is 18.3. The SMILES string of the molecule is COc1ccc(C(C(=O)NC2CCCC2)N(C(=O)c2ccco2)C2CCCC2)cc1. The van der Waals surface area contributed by atoms with E-state index in [4.69, 9.17) is 9.15 Å². The van der Waals surface area contributed by atoms with Crippen molar-refractivity contribution in [1.29, 1.82) is 0 Å². The maximum absolute atomic E-state index is 13.6. The number of hydrogen-bond donors (Lipinski definition) is 1. The lowest BCUT2D eigenvalue weighted by molar-refractivity contribution is -0.127. The first-order valence-corrected chi connectivity index (χ1v) is 11.0. The Morgan fingerprint density at radius 2 is 1.70 bits per heavy atom. The van der Waals surface area contributed by atoms with Crippen LogP contribution in [0.1, 0.15) is 73.5 Å². The molecule has 1 heterocycles. The van der Waals surface area contributed by atoms with E-state index in [-0.39, 0.29) is 29.7 Å². The molecule has 2 aromatic rings. The molecular weight excluding hydrogens is 380 g/mol. The van der Waals surface area contributed by atoms with Gasteiger partial charge in [0.25, 0.3) is 5.91 Å². The zero-order chi connectivity index (χ0) is 20.9. The third-order valence-electron chi connectivity index (χ3n) is 6.34. The zero-order valence-corrected chi connectivity index (χ0v) is 17.5. The first-order valence-electron chi connectivity index (χ1n) is 11.0. The van der Waals surface area contributed by atoms with Crippen LogP contribution in [0.4, 0.5) is 0 Å². The van der Waals surface area contributed by atoms with Crippen molar-refractivity contribution in [1.82, 2.24) is 10.2 Å². The lowest BCUT2D eigenvalue weighted by Gasteiger charge is -2.36. The predicted octanol–water partition coefficient (Wildman–Crippen LogP) is 4.47. The second-order valence-electron chi connectivity index (χ2n) is 8.29. The Kier molecular flexibility index (Phi) is 6.41. The van der Waals surface area contributed by atoms with E-state index < -0.39 is 6.04 Å². The van der Waals surface area contributed by atoms with Crippen LogP contribution in [0.2, 0.25) is 0 Å². The number of nitrogens with zero attached hydrogens (tertiary/aromatic N) is 1. The molecule has 2 saturated carbocycles. The van der Waals surface area contributed by atoms with Gasteiger partial charge in [0, 0.05) is 12.1 Å². The van der Waals surface area contributed by atoms with Crippen molar-refractivity contribution in [2.24, 2.45) is 0 Å². The van der Waals surface area contributed by atoms with Crippen molar-refractivity contribution in [3.8, 4) is 5.75 Å². The number of amides is 2. The number of carbonyl (C=O) groups is 2. The standard InChI is InChI=1S/C24H30N2O4/c1-29-20-14-12-17(13-15-20)22(23(27)25-18-7-2-3-8-18)26(19-9-4-5-10-19)24(28)21-11-6-16-30-21/h6,11-16,18-19,22H,2-5,7-10H2,1H3,(H,25,27). The first-order chi connectivity index (χ1) is 14.7. The van der Waals surface area contributed by atoms with Gasteiger partial charge in [-0.25, -0.2) is 0 Å². The highest BCUT2D eigenvalue weighted by molar-refractivity contribution is 5.96. The second kappa shape index (κ2) is 9.37. The molecule has 2 aliphatic carbocycles. The van der Waals surface area contributed by atoms with Crippen molar-refractivity contribution in [3.05, 3.63) is 54.0 Å². The molecule has 0 aliphatic heterocycles. The molecule has 1 aromatic carbocycles. The van der Waals surface area contributed by atoms with Gasteiger partial charge in [-0.1, -0.05) is 37.8 Å². The number of benzene rings is 1. The summed E-state index contributed by atoms with van der Waals surface area (Å²) in [6, 6.07) is 10.3. The molecule has 1 aromatic heterocycles. The summed E-state index contributed by atoms with van der Waals surface area (Å²) < 4.78 is 10.7. The Morgan fingerprint density at radius 3 is 2.30 bits per heavy atom. The summed E-state index contributed by atoms with van der Waals surface area (Å²) in [7, 11) is 1.62. The Balaban J connectivity index is 1.71. The summed E-state index contributed by atoms with van der Waals surface area (Å²) in [6.45, 7) is 0. The van der Waals surface area contributed by atoms with Crippen molar-refractivity contribution in [3.63, 3.8) is 0 Å². The minimum Gasteiger partial charge on any atom is -0.497 e. The molecule has 0 radical (unpaired) electrons.